The number of hydrogen-bond acceptors (Lipinski definition) is 5. The maximum Gasteiger partial charge on any atom is 0.349 e. The van der Waals surface area contributed by atoms with Gasteiger partial charge in [-0.25, -0.2) is 9.78 Å². The Morgan fingerprint density at radius 3 is 2.75 bits per heavy atom. The lowest BCUT2D eigenvalue weighted by atomic mass is 10.0. The predicted octanol–water partition coefficient (Wildman–Crippen LogP) is 2.07. The number of aromatic nitrogens is 1. The molecular formula is C11H15NO3S. The molecule has 1 atom stereocenters. The third-order valence-corrected chi connectivity index (χ3v) is 4.31. The Hall–Kier alpha value is -0.940. The van der Waals surface area contributed by atoms with Crippen LogP contribution in [0.3, 0.4) is 0 Å². The van der Waals surface area contributed by atoms with Crippen molar-refractivity contribution in [2.75, 3.05) is 7.11 Å². The molecule has 16 heavy (non-hydrogen) atoms. The van der Waals surface area contributed by atoms with Crippen LogP contribution in [-0.4, -0.2) is 23.2 Å². The van der Waals surface area contributed by atoms with Gasteiger partial charge in [0.15, 0.2) is 0 Å². The third-order valence-electron chi connectivity index (χ3n) is 3.12. The molecule has 1 aliphatic rings. The van der Waals surface area contributed by atoms with Crippen LogP contribution in [0, 0.1) is 12.3 Å². The molecule has 0 amide bonds. The van der Waals surface area contributed by atoms with Gasteiger partial charge in [-0.2, -0.15) is 0 Å². The molecule has 0 aliphatic heterocycles. The highest BCUT2D eigenvalue weighted by molar-refractivity contribution is 7.13. The van der Waals surface area contributed by atoms with E-state index in [2.05, 4.69) is 9.72 Å². The molecule has 1 heterocycles. The molecule has 1 aromatic rings. The van der Waals surface area contributed by atoms with Gasteiger partial charge in [0.1, 0.15) is 16.0 Å². The second kappa shape index (κ2) is 3.82. The quantitative estimate of drug-likeness (QED) is 0.823. The average Bonchev–Trinajstić information content (AvgIpc) is 2.89. The molecule has 1 N–H and O–H groups in total. The second-order valence-corrected chi connectivity index (χ2v) is 5.55. The Kier molecular flexibility index (Phi) is 2.75. The van der Waals surface area contributed by atoms with Gasteiger partial charge >= 0.3 is 5.97 Å². The highest BCUT2D eigenvalue weighted by atomic mass is 32.1. The standard InChI is InChI=1S/C11H15NO3S/c1-6-7(10(14)15-3)16-9(12-6)8(13)11(2)4-5-11/h8,13H,4-5H2,1-3H3. The van der Waals surface area contributed by atoms with E-state index in [-0.39, 0.29) is 11.4 Å². The van der Waals surface area contributed by atoms with E-state index >= 15 is 0 Å². The largest absolute Gasteiger partial charge is 0.465 e. The number of nitrogens with zero attached hydrogens (tertiary/aromatic N) is 1. The minimum absolute atomic E-state index is 0.0440. The number of thiazole rings is 1. The topological polar surface area (TPSA) is 59.4 Å². The van der Waals surface area contributed by atoms with Gasteiger partial charge in [-0.15, -0.1) is 11.3 Å². The summed E-state index contributed by atoms with van der Waals surface area (Å²) in [7, 11) is 1.35. The Bertz CT molecular complexity index is 423. The van der Waals surface area contributed by atoms with Gasteiger partial charge in [0, 0.05) is 5.41 Å². The fourth-order valence-electron chi connectivity index (χ4n) is 1.59. The molecule has 0 spiro atoms. The summed E-state index contributed by atoms with van der Waals surface area (Å²) in [5.74, 6) is -0.380. The number of carbonyl (C=O) groups excluding carboxylic acids is 1. The molecule has 5 heteroatoms. The predicted molar refractivity (Wildman–Crippen MR) is 60.5 cm³/mol. The summed E-state index contributed by atoms with van der Waals surface area (Å²) >= 11 is 1.23. The first-order valence-electron chi connectivity index (χ1n) is 5.21. The molecule has 0 aromatic carbocycles. The van der Waals surface area contributed by atoms with Crippen molar-refractivity contribution in [3.05, 3.63) is 15.6 Å². The lowest BCUT2D eigenvalue weighted by Crippen LogP contribution is -2.09. The summed E-state index contributed by atoms with van der Waals surface area (Å²) < 4.78 is 4.66. The van der Waals surface area contributed by atoms with Gasteiger partial charge in [0.05, 0.1) is 12.8 Å². The molecule has 1 fully saturated rings. The first kappa shape index (κ1) is 11.5. The van der Waals surface area contributed by atoms with E-state index in [4.69, 9.17) is 0 Å². The van der Waals surface area contributed by atoms with Crippen LogP contribution in [0.5, 0.6) is 0 Å². The van der Waals surface area contributed by atoms with E-state index in [1.807, 2.05) is 6.92 Å². The lowest BCUT2D eigenvalue weighted by Gasteiger charge is -2.13. The van der Waals surface area contributed by atoms with E-state index < -0.39 is 6.10 Å². The number of carbonyl (C=O) groups is 1. The number of aryl methyl sites for hydroxylation is 1. The van der Waals surface area contributed by atoms with Crippen molar-refractivity contribution >= 4 is 17.3 Å². The van der Waals surface area contributed by atoms with Crippen LogP contribution >= 0.6 is 11.3 Å². The van der Waals surface area contributed by atoms with Crippen LogP contribution in [0.15, 0.2) is 0 Å². The van der Waals surface area contributed by atoms with E-state index in [0.717, 1.165) is 12.8 Å². The van der Waals surface area contributed by atoms with Crippen molar-refractivity contribution in [1.82, 2.24) is 4.98 Å². The number of ether oxygens (including phenoxy) is 1. The molecule has 1 saturated carbocycles. The molecule has 0 saturated heterocycles. The van der Waals surface area contributed by atoms with Crippen LogP contribution in [0.25, 0.3) is 0 Å². The van der Waals surface area contributed by atoms with Crippen molar-refractivity contribution in [1.29, 1.82) is 0 Å². The first-order chi connectivity index (χ1) is 7.48. The Labute approximate surface area is 98.3 Å². The molecule has 1 aromatic heterocycles. The summed E-state index contributed by atoms with van der Waals surface area (Å²) in [5, 5.41) is 10.7. The molecule has 0 bridgehead atoms. The Morgan fingerprint density at radius 2 is 2.25 bits per heavy atom. The number of esters is 1. The second-order valence-electron chi connectivity index (χ2n) is 4.51. The molecular weight excluding hydrogens is 226 g/mol. The van der Waals surface area contributed by atoms with E-state index in [1.165, 1.54) is 18.4 Å². The molecule has 88 valence electrons. The summed E-state index contributed by atoms with van der Waals surface area (Å²) in [4.78, 5) is 16.1. The average molecular weight is 241 g/mol. The van der Waals surface area contributed by atoms with Crippen LogP contribution in [0.1, 0.15) is 46.2 Å². The molecule has 1 unspecified atom stereocenters. The zero-order valence-corrected chi connectivity index (χ0v) is 10.4. The fourth-order valence-corrected chi connectivity index (χ4v) is 2.73. The molecule has 4 nitrogen and oxygen atoms in total. The number of aliphatic hydroxyl groups is 1. The van der Waals surface area contributed by atoms with Crippen molar-refractivity contribution in [2.24, 2.45) is 5.41 Å². The van der Waals surface area contributed by atoms with E-state index in [1.54, 1.807) is 6.92 Å². The zero-order chi connectivity index (χ0) is 11.9. The van der Waals surface area contributed by atoms with Gasteiger partial charge in [-0.3, -0.25) is 0 Å². The third kappa shape index (κ3) is 1.85. The smallest absolute Gasteiger partial charge is 0.349 e. The van der Waals surface area contributed by atoms with Gasteiger partial charge in [0.25, 0.3) is 0 Å². The van der Waals surface area contributed by atoms with Crippen molar-refractivity contribution < 1.29 is 14.6 Å². The maximum absolute atomic E-state index is 11.4. The summed E-state index contributed by atoms with van der Waals surface area (Å²) in [6.07, 6.45) is 1.47. The first-order valence-corrected chi connectivity index (χ1v) is 6.03. The summed E-state index contributed by atoms with van der Waals surface area (Å²) in [6.45, 7) is 3.79. The van der Waals surface area contributed by atoms with Crippen molar-refractivity contribution in [2.45, 2.75) is 32.8 Å². The highest BCUT2D eigenvalue weighted by Gasteiger charge is 2.46. The van der Waals surface area contributed by atoms with Crippen LogP contribution in [0.4, 0.5) is 0 Å². The SMILES string of the molecule is COC(=O)c1sc(C(O)C2(C)CC2)nc1C. The van der Waals surface area contributed by atoms with Crippen LogP contribution in [-0.2, 0) is 4.74 Å². The zero-order valence-electron chi connectivity index (χ0n) is 9.61. The van der Waals surface area contributed by atoms with Gasteiger partial charge < -0.3 is 9.84 Å². The highest BCUT2D eigenvalue weighted by Crippen LogP contribution is 2.54. The Morgan fingerprint density at radius 1 is 1.62 bits per heavy atom. The van der Waals surface area contributed by atoms with Crippen molar-refractivity contribution in [3.63, 3.8) is 0 Å². The Balaban J connectivity index is 2.27. The summed E-state index contributed by atoms with van der Waals surface area (Å²) in [6, 6.07) is 0. The number of rotatable bonds is 3. The molecule has 2 rings (SSSR count). The van der Waals surface area contributed by atoms with Crippen LogP contribution in [0.2, 0.25) is 0 Å². The minimum atomic E-state index is -0.561. The van der Waals surface area contributed by atoms with Gasteiger partial charge in [-0.05, 0) is 19.8 Å². The van der Waals surface area contributed by atoms with Gasteiger partial charge in [0.2, 0.25) is 0 Å². The fraction of sp³-hybridized carbons (Fsp3) is 0.636. The monoisotopic (exact) mass is 241 g/mol. The minimum Gasteiger partial charge on any atom is -0.465 e. The summed E-state index contributed by atoms with van der Waals surface area (Å²) in [5.41, 5.74) is 0.590. The van der Waals surface area contributed by atoms with E-state index in [9.17, 15) is 9.90 Å². The van der Waals surface area contributed by atoms with Crippen molar-refractivity contribution in [3.8, 4) is 0 Å². The number of methoxy groups -OCH3 is 1. The lowest BCUT2D eigenvalue weighted by molar-refractivity contribution is 0.0605. The molecule has 0 radical (unpaired) electrons. The number of hydrogen-bond donors (Lipinski definition) is 1. The normalized spacial score (nSPS) is 19.2. The van der Waals surface area contributed by atoms with Crippen LogP contribution < -0.4 is 0 Å². The van der Waals surface area contributed by atoms with E-state index in [0.29, 0.717) is 15.6 Å². The van der Waals surface area contributed by atoms with Gasteiger partial charge in [-0.1, -0.05) is 6.92 Å². The maximum atomic E-state index is 11.4. The number of aliphatic hydroxyl groups excluding tert-OH is 1. The molecule has 1 aliphatic carbocycles.